The number of aliphatic hydroxyl groups is 1. The second-order valence-electron chi connectivity index (χ2n) is 11.3. The van der Waals surface area contributed by atoms with Crippen LogP contribution in [0.1, 0.15) is 6.92 Å². The Morgan fingerprint density at radius 2 is 0.824 bits per heavy atom. The average molecular weight is 842 g/mol. The van der Waals surface area contributed by atoms with Gasteiger partial charge in [0.2, 0.25) is 5.76 Å². The van der Waals surface area contributed by atoms with Crippen LogP contribution in [0.15, 0.2) is 109 Å². The zero-order valence-electron chi connectivity index (χ0n) is 26.1. The zero-order valence-corrected chi connectivity index (χ0v) is 27.8. The number of hydrogen-bond acceptors (Lipinski definition) is 8. The maximum Gasteiger partial charge on any atom is 0.448 e. The second-order valence-corrected chi connectivity index (χ2v) is 11.3. The summed E-state index contributed by atoms with van der Waals surface area (Å²) < 4.78 is 34.0. The van der Waals surface area contributed by atoms with E-state index in [0.29, 0.717) is 45.9 Å². The molecule has 0 aliphatic carbocycles. The number of aromatic nitrogens is 8. The SMILES string of the molecule is CC(=O)C=C(O)C(F)(F)F.[Lu].c1ccc2c(c1)-c1nc-2nc2[n-]c(nc3nc(nc4[n-]c(n1)c1ccccc41)-c1ccccc1-3)c1ccccc21. The Morgan fingerprint density at radius 1 is 0.549 bits per heavy atom. The Balaban J connectivity index is 0.000000327. The summed E-state index contributed by atoms with van der Waals surface area (Å²) in [4.78, 5) is 49.2. The van der Waals surface area contributed by atoms with Gasteiger partial charge in [-0.3, -0.25) is 4.79 Å². The van der Waals surface area contributed by atoms with Gasteiger partial charge in [-0.15, -0.1) is 0 Å². The van der Waals surface area contributed by atoms with Gasteiger partial charge in [-0.2, -0.15) is 13.2 Å². The van der Waals surface area contributed by atoms with Gasteiger partial charge in [-0.25, -0.2) is 9.97 Å². The number of halogens is 3. The Labute approximate surface area is 315 Å². The summed E-state index contributed by atoms with van der Waals surface area (Å²) in [5, 5.41) is 11.6. The summed E-state index contributed by atoms with van der Waals surface area (Å²) in [6.07, 6.45) is -4.69. The van der Waals surface area contributed by atoms with Crippen molar-refractivity contribution < 1.29 is 59.9 Å². The van der Waals surface area contributed by atoms with Gasteiger partial charge in [-0.05, 0) is 28.5 Å². The van der Waals surface area contributed by atoms with Crippen molar-refractivity contribution >= 4 is 49.9 Å². The van der Waals surface area contributed by atoms with Crippen LogP contribution < -0.4 is 9.97 Å². The van der Waals surface area contributed by atoms with E-state index in [4.69, 9.17) is 45.0 Å². The number of benzene rings is 4. The van der Waals surface area contributed by atoms with Crippen LogP contribution in [0.3, 0.4) is 0 Å². The molecule has 0 fully saturated rings. The van der Waals surface area contributed by atoms with Crippen molar-refractivity contribution in [3.8, 4) is 45.6 Å². The smallest absolute Gasteiger partial charge is 0.448 e. The van der Waals surface area contributed by atoms with E-state index >= 15 is 0 Å². The molecule has 10 nitrogen and oxygen atoms in total. The molecule has 14 heteroatoms. The molecule has 259 valence electrons. The van der Waals surface area contributed by atoms with Gasteiger partial charge in [0.15, 0.2) is 5.78 Å². The molecule has 0 spiro atoms. The average Bonchev–Trinajstić information content (AvgIpc) is 3.84. The van der Waals surface area contributed by atoms with E-state index in [1.54, 1.807) is 0 Å². The van der Waals surface area contributed by atoms with Crippen molar-refractivity contribution in [2.75, 3.05) is 0 Å². The first kappa shape index (κ1) is 33.9. The van der Waals surface area contributed by atoms with E-state index in [0.717, 1.165) is 50.7 Å². The number of hydrogen-bond donors (Lipinski definition) is 1. The van der Waals surface area contributed by atoms with Crippen molar-refractivity contribution in [2.45, 2.75) is 13.1 Å². The van der Waals surface area contributed by atoms with Gasteiger partial charge in [-0.1, -0.05) is 97.1 Å². The number of ketones is 1. The summed E-state index contributed by atoms with van der Waals surface area (Å²) in [5.41, 5.74) is 5.78. The number of carbonyl (C=O) groups excluding carboxylic acids is 1. The third kappa shape index (κ3) is 6.34. The standard InChI is InChI=1S/C32H16N8.C5H5F3O2.Lu/c1-2-10-18-17(9-1)25-33-26(18)38-28-21-13-5-6-14-22(21)30(35-28)40-32-24-16-8-7-15-23(24)31(36-32)39-29-20-12-4-3-11-19(20)27(34-29)37-25;1-3(9)2-4(10)5(6,7)8;/h1-16H;2,10H,1H3;/q-2;;. The van der Waals surface area contributed by atoms with E-state index in [1.165, 1.54) is 0 Å². The van der Waals surface area contributed by atoms with Crippen molar-refractivity contribution in [1.82, 2.24) is 39.9 Å². The fourth-order valence-electron chi connectivity index (χ4n) is 5.73. The van der Waals surface area contributed by atoms with Crippen LogP contribution in [0.4, 0.5) is 13.2 Å². The van der Waals surface area contributed by atoms with Crippen LogP contribution in [0, 0.1) is 36.9 Å². The van der Waals surface area contributed by atoms with Gasteiger partial charge >= 0.3 is 6.18 Å². The van der Waals surface area contributed by atoms with Crippen molar-refractivity contribution in [2.24, 2.45) is 0 Å². The van der Waals surface area contributed by atoms with Crippen LogP contribution in [-0.4, -0.2) is 47.0 Å². The molecule has 9 rings (SSSR count). The molecular formula is C37H21F3LuN8O2-2. The zero-order chi connectivity index (χ0) is 34.6. The Hall–Kier alpha value is -5.53. The summed E-state index contributed by atoms with van der Waals surface area (Å²) in [6, 6.07) is 31.8. The maximum absolute atomic E-state index is 11.3. The molecule has 0 saturated carbocycles. The van der Waals surface area contributed by atoms with E-state index in [-0.39, 0.29) is 43.0 Å². The molecule has 0 saturated heterocycles. The second kappa shape index (κ2) is 13.3. The normalized spacial score (nSPS) is 12.0. The minimum Gasteiger partial charge on any atom is -0.504 e. The Morgan fingerprint density at radius 3 is 1.06 bits per heavy atom. The fraction of sp³-hybridized carbons (Fsp3) is 0.0541. The summed E-state index contributed by atoms with van der Waals surface area (Å²) in [5.74, 6) is -0.491. The molecule has 0 amide bonds. The molecule has 4 aromatic carbocycles. The number of rotatable bonds is 1. The predicted octanol–water partition coefficient (Wildman–Crippen LogP) is 7.71. The molecule has 51 heavy (non-hydrogen) atoms. The molecular weight excluding hydrogens is 820 g/mol. The first-order valence-electron chi connectivity index (χ1n) is 15.2. The number of alkyl halides is 3. The van der Waals surface area contributed by atoms with Gasteiger partial charge in [0.05, 0.1) is 23.3 Å². The number of aliphatic hydroxyl groups excluding tert-OH is 1. The third-order valence-corrected chi connectivity index (χ3v) is 7.96. The number of nitrogens with zero attached hydrogens (tertiary/aromatic N) is 8. The fourth-order valence-corrected chi connectivity index (χ4v) is 5.73. The maximum atomic E-state index is 11.3. The predicted molar refractivity (Wildman–Crippen MR) is 181 cm³/mol. The van der Waals surface area contributed by atoms with Crippen LogP contribution >= 0.6 is 0 Å². The molecule has 7 aromatic rings. The summed E-state index contributed by atoms with van der Waals surface area (Å²) >= 11 is 0. The van der Waals surface area contributed by atoms with E-state index < -0.39 is 17.7 Å². The molecule has 0 unspecified atom stereocenters. The van der Waals surface area contributed by atoms with Crippen LogP contribution in [0.25, 0.3) is 89.7 Å². The number of carbonyl (C=O) groups is 1. The van der Waals surface area contributed by atoms with Gasteiger partial charge in [0, 0.05) is 87.8 Å². The van der Waals surface area contributed by atoms with Crippen molar-refractivity contribution in [3.63, 3.8) is 0 Å². The third-order valence-electron chi connectivity index (χ3n) is 7.96. The van der Waals surface area contributed by atoms with Crippen LogP contribution in [-0.2, 0) is 4.79 Å². The topological polar surface area (TPSA) is 143 Å². The first-order valence-corrected chi connectivity index (χ1v) is 15.2. The molecule has 1 radical (unpaired) electrons. The van der Waals surface area contributed by atoms with E-state index in [1.807, 2.05) is 97.1 Å². The molecule has 8 bridgehead atoms. The molecule has 0 atom stereocenters. The monoisotopic (exact) mass is 841 g/mol. The first-order chi connectivity index (χ1) is 24.1. The molecule has 1 N–H and O–H groups in total. The van der Waals surface area contributed by atoms with Gasteiger partial charge in [0.25, 0.3) is 0 Å². The summed E-state index contributed by atoms with van der Waals surface area (Å²) in [6.45, 7) is 0.919. The van der Waals surface area contributed by atoms with Crippen molar-refractivity contribution in [1.29, 1.82) is 0 Å². The van der Waals surface area contributed by atoms with Crippen LogP contribution in [0.2, 0.25) is 0 Å². The Kier molecular flexibility index (Phi) is 8.86. The molecule has 5 heterocycles. The summed E-state index contributed by atoms with van der Waals surface area (Å²) in [7, 11) is 0. The molecule has 2 aliphatic heterocycles. The quantitative estimate of drug-likeness (QED) is 0.129. The number of fused-ring (bicyclic) bond motifs is 20. The van der Waals surface area contributed by atoms with Crippen molar-refractivity contribution in [3.05, 3.63) is 109 Å². The van der Waals surface area contributed by atoms with Crippen LogP contribution in [0.5, 0.6) is 0 Å². The van der Waals surface area contributed by atoms with E-state index in [2.05, 4.69) is 0 Å². The van der Waals surface area contributed by atoms with Gasteiger partial charge < -0.3 is 35.0 Å². The number of allylic oxidation sites excluding steroid dienone is 2. The largest absolute Gasteiger partial charge is 0.504 e. The Bertz CT molecular complexity index is 2400. The van der Waals surface area contributed by atoms with E-state index in [9.17, 15) is 18.0 Å². The minimum atomic E-state index is -4.81. The molecule has 2 aliphatic rings. The molecule has 3 aromatic heterocycles. The minimum absolute atomic E-state index is 0. The van der Waals surface area contributed by atoms with Gasteiger partial charge in [0.1, 0.15) is 0 Å².